The third-order valence-electron chi connectivity index (χ3n) is 6.53. The van der Waals surface area contributed by atoms with Crippen molar-refractivity contribution in [2.24, 2.45) is 11.8 Å². The topological polar surface area (TPSA) is 83.3 Å². The summed E-state index contributed by atoms with van der Waals surface area (Å²) in [6.07, 6.45) is 9.63. The molecule has 0 N–H and O–H groups in total. The minimum atomic E-state index is -0.628. The van der Waals surface area contributed by atoms with Crippen molar-refractivity contribution >= 4 is 23.5 Å². The fraction of sp³-hybridized carbons (Fsp3) is 0.846. The number of hydrogen-bond acceptors (Lipinski definition) is 6. The average Bonchev–Trinajstić information content (AvgIpc) is 3.29. The summed E-state index contributed by atoms with van der Waals surface area (Å²) >= 11 is 6.35. The van der Waals surface area contributed by atoms with Gasteiger partial charge in [0.1, 0.15) is 0 Å². The van der Waals surface area contributed by atoms with Crippen molar-refractivity contribution in [2.45, 2.75) is 117 Å². The van der Waals surface area contributed by atoms with E-state index in [1.807, 2.05) is 13.8 Å². The molecule has 0 amide bonds. The van der Waals surface area contributed by atoms with Crippen LogP contribution in [0.1, 0.15) is 133 Å². The van der Waals surface area contributed by atoms with Gasteiger partial charge in [0, 0.05) is 5.38 Å². The molecule has 0 aromatic carbocycles. The Balaban J connectivity index is 3.07. The maximum atomic E-state index is 13.2. The minimum Gasteiger partial charge on any atom is -0.461 e. The molecule has 0 fully saturated rings. The first-order valence-corrected chi connectivity index (χ1v) is 13.7. The van der Waals surface area contributed by atoms with E-state index in [1.54, 1.807) is 0 Å². The van der Waals surface area contributed by atoms with Gasteiger partial charge in [-0.05, 0) is 44.4 Å². The molecule has 1 aromatic heterocycles. The molecule has 0 aliphatic carbocycles. The molecule has 1 aromatic rings. The van der Waals surface area contributed by atoms with Crippen molar-refractivity contribution < 1.29 is 19.1 Å². The van der Waals surface area contributed by atoms with Crippen molar-refractivity contribution in [3.05, 3.63) is 11.4 Å². The van der Waals surface area contributed by atoms with E-state index in [2.05, 4.69) is 38.0 Å². The predicted octanol–water partition coefficient (Wildman–Crippen LogP) is 6.99. The lowest BCUT2D eigenvalue weighted by Gasteiger charge is -2.18. The van der Waals surface area contributed by atoms with Gasteiger partial charge in [0.25, 0.3) is 0 Å². The predicted molar refractivity (Wildman–Crippen MR) is 136 cm³/mol. The van der Waals surface area contributed by atoms with Crippen LogP contribution in [0.25, 0.3) is 0 Å². The first-order chi connectivity index (χ1) is 16.3. The summed E-state index contributed by atoms with van der Waals surface area (Å²) in [6.45, 7) is 13.0. The Hall–Kier alpha value is -1.63. The molecule has 0 aliphatic heterocycles. The molecule has 8 heteroatoms. The molecule has 0 spiro atoms. The van der Waals surface area contributed by atoms with Crippen LogP contribution in [0.2, 0.25) is 0 Å². The van der Waals surface area contributed by atoms with Crippen molar-refractivity contribution in [3.63, 3.8) is 0 Å². The van der Waals surface area contributed by atoms with Gasteiger partial charge in [-0.3, -0.25) is 0 Å². The number of alkyl halides is 1. The van der Waals surface area contributed by atoms with Gasteiger partial charge in [0.05, 0.1) is 19.3 Å². The molecule has 0 radical (unpaired) electrons. The van der Waals surface area contributed by atoms with E-state index in [0.717, 1.165) is 57.8 Å². The normalized spacial score (nSPS) is 14.9. The van der Waals surface area contributed by atoms with Gasteiger partial charge < -0.3 is 9.47 Å². The SMILES string of the molecule is CCCCC(CC)COC(=O)c1nnn(C(C)CC(Cl)CC)c1C(=O)OCC(CC)CCCC. The van der Waals surface area contributed by atoms with E-state index >= 15 is 0 Å². The van der Waals surface area contributed by atoms with Crippen LogP contribution in [0, 0.1) is 11.8 Å². The second kappa shape index (κ2) is 16.9. The van der Waals surface area contributed by atoms with E-state index in [0.29, 0.717) is 25.6 Å². The molecule has 4 atom stereocenters. The maximum absolute atomic E-state index is 13.2. The fourth-order valence-electron chi connectivity index (χ4n) is 3.89. The zero-order chi connectivity index (χ0) is 25.5. The highest BCUT2D eigenvalue weighted by molar-refractivity contribution is 6.20. The monoisotopic (exact) mass is 499 g/mol. The lowest BCUT2D eigenvalue weighted by Crippen LogP contribution is -2.23. The van der Waals surface area contributed by atoms with Gasteiger partial charge in [-0.2, -0.15) is 0 Å². The molecular formula is C26H46ClN3O4. The summed E-state index contributed by atoms with van der Waals surface area (Å²) in [6, 6.07) is -0.214. The second-order valence-corrected chi connectivity index (χ2v) is 9.97. The smallest absolute Gasteiger partial charge is 0.361 e. The molecule has 7 nitrogen and oxygen atoms in total. The molecule has 0 saturated carbocycles. The quantitative estimate of drug-likeness (QED) is 0.160. The molecule has 0 aliphatic rings. The zero-order valence-electron chi connectivity index (χ0n) is 22.1. The van der Waals surface area contributed by atoms with Gasteiger partial charge in [-0.1, -0.05) is 78.4 Å². The minimum absolute atomic E-state index is 0.0596. The van der Waals surface area contributed by atoms with Crippen LogP contribution >= 0.6 is 11.6 Å². The summed E-state index contributed by atoms with van der Waals surface area (Å²) in [5, 5.41) is 8.13. The summed E-state index contributed by atoms with van der Waals surface area (Å²) in [5.74, 6) is -0.633. The van der Waals surface area contributed by atoms with Crippen molar-refractivity contribution in [1.82, 2.24) is 15.0 Å². The number of hydrogen-bond donors (Lipinski definition) is 0. The van der Waals surface area contributed by atoms with Crippen molar-refractivity contribution in [1.29, 1.82) is 0 Å². The number of carbonyl (C=O) groups excluding carboxylic acids is 2. The number of nitrogens with zero attached hydrogens (tertiary/aromatic N) is 3. The number of ether oxygens (including phenoxy) is 2. The summed E-state index contributed by atoms with van der Waals surface area (Å²) in [7, 11) is 0. The second-order valence-electron chi connectivity index (χ2n) is 9.35. The number of halogens is 1. The Labute approximate surface area is 211 Å². The molecular weight excluding hydrogens is 454 g/mol. The van der Waals surface area contributed by atoms with Crippen molar-refractivity contribution in [3.8, 4) is 0 Å². The van der Waals surface area contributed by atoms with Gasteiger partial charge in [0.2, 0.25) is 5.69 Å². The molecule has 1 heterocycles. The van der Waals surface area contributed by atoms with Gasteiger partial charge in [-0.15, -0.1) is 16.7 Å². The summed E-state index contributed by atoms with van der Waals surface area (Å²) < 4.78 is 12.7. The van der Waals surface area contributed by atoms with E-state index < -0.39 is 11.9 Å². The Bertz CT molecular complexity index is 725. The molecule has 4 unspecified atom stereocenters. The number of aromatic nitrogens is 3. The molecule has 0 bridgehead atoms. The first kappa shape index (κ1) is 30.4. The molecule has 0 saturated heterocycles. The zero-order valence-corrected chi connectivity index (χ0v) is 22.9. The molecule has 196 valence electrons. The molecule has 34 heavy (non-hydrogen) atoms. The maximum Gasteiger partial charge on any atom is 0.361 e. The Morgan fingerprint density at radius 3 is 1.88 bits per heavy atom. The van der Waals surface area contributed by atoms with Gasteiger partial charge in [0.15, 0.2) is 5.69 Å². The Morgan fingerprint density at radius 2 is 1.41 bits per heavy atom. The lowest BCUT2D eigenvalue weighted by atomic mass is 10.0. The summed E-state index contributed by atoms with van der Waals surface area (Å²) in [5.41, 5.74) is -0.0177. The van der Waals surface area contributed by atoms with Crippen LogP contribution in [0.15, 0.2) is 0 Å². The third-order valence-corrected chi connectivity index (χ3v) is 7.01. The van der Waals surface area contributed by atoms with E-state index in [4.69, 9.17) is 21.1 Å². The number of rotatable bonds is 18. The number of unbranched alkanes of at least 4 members (excludes halogenated alkanes) is 2. The lowest BCUT2D eigenvalue weighted by molar-refractivity contribution is 0.0368. The first-order valence-electron chi connectivity index (χ1n) is 13.3. The van der Waals surface area contributed by atoms with Crippen LogP contribution < -0.4 is 0 Å². The van der Waals surface area contributed by atoms with Crippen LogP contribution in [0.3, 0.4) is 0 Å². The van der Waals surface area contributed by atoms with Crippen LogP contribution in [-0.2, 0) is 9.47 Å². The average molecular weight is 500 g/mol. The highest BCUT2D eigenvalue weighted by Crippen LogP contribution is 2.23. The van der Waals surface area contributed by atoms with Gasteiger partial charge in [-0.25, -0.2) is 14.3 Å². The third kappa shape index (κ3) is 9.93. The number of carbonyl (C=O) groups is 2. The standard InChI is InChI=1S/C26H46ClN3O4/c1-7-12-14-20(9-3)17-33-25(31)23-24(26(32)34-18-21(10-4)15-13-8-2)30(29-28-23)19(6)16-22(27)11-5/h19-22H,7-18H2,1-6H3. The highest BCUT2D eigenvalue weighted by atomic mass is 35.5. The van der Waals surface area contributed by atoms with E-state index in [9.17, 15) is 9.59 Å². The Kier molecular flexibility index (Phi) is 15.1. The highest BCUT2D eigenvalue weighted by Gasteiger charge is 2.31. The van der Waals surface area contributed by atoms with Gasteiger partial charge >= 0.3 is 11.9 Å². The van der Waals surface area contributed by atoms with Crippen LogP contribution in [0.5, 0.6) is 0 Å². The van der Waals surface area contributed by atoms with E-state index in [-0.39, 0.29) is 28.7 Å². The van der Waals surface area contributed by atoms with Crippen molar-refractivity contribution in [2.75, 3.05) is 13.2 Å². The Morgan fingerprint density at radius 1 is 0.882 bits per heavy atom. The summed E-state index contributed by atoms with van der Waals surface area (Å²) in [4.78, 5) is 26.1. The molecule has 1 rings (SSSR count). The fourth-order valence-corrected chi connectivity index (χ4v) is 4.14. The van der Waals surface area contributed by atoms with Crippen LogP contribution in [-0.4, -0.2) is 45.5 Å². The number of esters is 2. The largest absolute Gasteiger partial charge is 0.461 e. The van der Waals surface area contributed by atoms with Crippen LogP contribution in [0.4, 0.5) is 0 Å². The van der Waals surface area contributed by atoms with E-state index in [1.165, 1.54) is 4.68 Å².